The summed E-state index contributed by atoms with van der Waals surface area (Å²) in [5, 5.41) is 7.97. The lowest BCUT2D eigenvalue weighted by Gasteiger charge is -2.13. The number of hydrogen-bond donors (Lipinski definition) is 1. The molecule has 1 N–H and O–H groups in total. The van der Waals surface area contributed by atoms with Crippen molar-refractivity contribution in [2.75, 3.05) is 5.32 Å². The molecular formula is C26H23ClFN3O2. The number of carbonyl (C=O) groups is 1. The maximum absolute atomic E-state index is 13.1. The Morgan fingerprint density at radius 3 is 2.55 bits per heavy atom. The van der Waals surface area contributed by atoms with Crippen molar-refractivity contribution in [3.63, 3.8) is 0 Å². The Morgan fingerprint density at radius 1 is 1.03 bits per heavy atom. The van der Waals surface area contributed by atoms with E-state index in [9.17, 15) is 9.18 Å². The highest BCUT2D eigenvalue weighted by molar-refractivity contribution is 6.30. The lowest BCUT2D eigenvalue weighted by Crippen LogP contribution is -2.15. The predicted octanol–water partition coefficient (Wildman–Crippen LogP) is 5.79. The van der Waals surface area contributed by atoms with Crippen molar-refractivity contribution in [2.24, 2.45) is 0 Å². The number of benzene rings is 3. The maximum Gasteiger partial charge on any atom is 0.229 e. The number of aromatic nitrogens is 2. The van der Waals surface area contributed by atoms with Crippen LogP contribution in [0.4, 0.5) is 10.2 Å². The smallest absolute Gasteiger partial charge is 0.229 e. The molecule has 0 saturated carbocycles. The van der Waals surface area contributed by atoms with Crippen molar-refractivity contribution in [1.29, 1.82) is 0 Å². The van der Waals surface area contributed by atoms with E-state index in [0.29, 0.717) is 29.7 Å². The van der Waals surface area contributed by atoms with Gasteiger partial charge in [-0.15, -0.1) is 0 Å². The number of nitrogens with one attached hydrogen (secondary N) is 1. The number of rotatable bonds is 8. The molecular weight excluding hydrogens is 441 g/mol. The van der Waals surface area contributed by atoms with E-state index in [2.05, 4.69) is 10.4 Å². The molecule has 5 nitrogen and oxygen atoms in total. The first-order chi connectivity index (χ1) is 16.0. The van der Waals surface area contributed by atoms with E-state index in [1.807, 2.05) is 55.5 Å². The van der Waals surface area contributed by atoms with Crippen molar-refractivity contribution in [3.05, 3.63) is 112 Å². The summed E-state index contributed by atoms with van der Waals surface area (Å²) in [6, 6.07) is 23.0. The van der Waals surface area contributed by atoms with Gasteiger partial charge in [0.2, 0.25) is 5.91 Å². The van der Waals surface area contributed by atoms with Crippen LogP contribution >= 0.6 is 11.6 Å². The highest BCUT2D eigenvalue weighted by Crippen LogP contribution is 2.26. The molecule has 4 aromatic rings. The number of carbonyl (C=O) groups excluding carboxylic acids is 1. The van der Waals surface area contributed by atoms with Gasteiger partial charge in [-0.3, -0.25) is 9.48 Å². The molecule has 0 aliphatic rings. The summed E-state index contributed by atoms with van der Waals surface area (Å²) < 4.78 is 20.9. The first-order valence-corrected chi connectivity index (χ1v) is 10.9. The number of nitrogens with zero attached hydrogens (tertiary/aromatic N) is 2. The van der Waals surface area contributed by atoms with Crippen molar-refractivity contribution in [3.8, 4) is 5.75 Å². The van der Waals surface area contributed by atoms with Crippen molar-refractivity contribution >= 4 is 23.3 Å². The van der Waals surface area contributed by atoms with Gasteiger partial charge in [-0.05, 0) is 48.4 Å². The lowest BCUT2D eigenvalue weighted by molar-refractivity contribution is -0.115. The number of halogens is 2. The summed E-state index contributed by atoms with van der Waals surface area (Å²) in [5.74, 6) is 0.737. The number of aryl methyl sites for hydroxylation is 1. The van der Waals surface area contributed by atoms with E-state index >= 15 is 0 Å². The fourth-order valence-corrected chi connectivity index (χ4v) is 3.61. The third kappa shape index (κ3) is 6.20. The van der Waals surface area contributed by atoms with Gasteiger partial charge in [0.15, 0.2) is 5.82 Å². The SMILES string of the molecule is Cc1cc(NC(=O)Cc2ccccc2)nn1Cc1cc(Cl)ccc1OCc1ccc(F)cc1. The average Bonchev–Trinajstić information content (AvgIpc) is 3.13. The minimum Gasteiger partial charge on any atom is -0.489 e. The van der Waals surface area contributed by atoms with Crippen LogP contribution in [-0.2, 0) is 24.4 Å². The minimum absolute atomic E-state index is 0.128. The summed E-state index contributed by atoms with van der Waals surface area (Å²) in [5.41, 5.74) is 3.52. The Bertz CT molecular complexity index is 1240. The Morgan fingerprint density at radius 2 is 1.79 bits per heavy atom. The van der Waals surface area contributed by atoms with Crippen molar-refractivity contribution < 1.29 is 13.9 Å². The molecule has 0 unspecified atom stereocenters. The van der Waals surface area contributed by atoms with Gasteiger partial charge in [-0.1, -0.05) is 54.1 Å². The summed E-state index contributed by atoms with van der Waals surface area (Å²) in [7, 11) is 0. The van der Waals surface area contributed by atoms with Crippen LogP contribution in [0.2, 0.25) is 5.02 Å². The molecule has 4 rings (SSSR count). The van der Waals surface area contributed by atoms with Gasteiger partial charge in [-0.2, -0.15) is 5.10 Å². The fourth-order valence-electron chi connectivity index (χ4n) is 3.42. The number of ether oxygens (including phenoxy) is 1. The lowest BCUT2D eigenvalue weighted by atomic mass is 10.1. The molecule has 7 heteroatoms. The maximum atomic E-state index is 13.1. The van der Waals surface area contributed by atoms with Crippen LogP contribution < -0.4 is 10.1 Å². The first-order valence-electron chi connectivity index (χ1n) is 10.5. The number of amides is 1. The zero-order chi connectivity index (χ0) is 23.2. The topological polar surface area (TPSA) is 56.2 Å². The van der Waals surface area contributed by atoms with E-state index in [1.54, 1.807) is 22.9 Å². The second-order valence-electron chi connectivity index (χ2n) is 7.71. The van der Waals surface area contributed by atoms with Gasteiger partial charge < -0.3 is 10.1 Å². The third-order valence-electron chi connectivity index (χ3n) is 5.11. The standard InChI is InChI=1S/C26H23ClFN3O2/c1-18-13-25(29-26(32)14-19-5-3-2-4-6-19)30-31(18)16-21-15-22(27)9-12-24(21)33-17-20-7-10-23(28)11-8-20/h2-13,15H,14,16-17H2,1H3,(H,29,30,32). The zero-order valence-electron chi connectivity index (χ0n) is 18.1. The molecule has 33 heavy (non-hydrogen) atoms. The largest absolute Gasteiger partial charge is 0.489 e. The van der Waals surface area contributed by atoms with Crippen LogP contribution in [0.15, 0.2) is 78.9 Å². The second kappa shape index (κ2) is 10.3. The zero-order valence-corrected chi connectivity index (χ0v) is 18.8. The molecule has 0 saturated heterocycles. The fraction of sp³-hybridized carbons (Fsp3) is 0.154. The summed E-state index contributed by atoms with van der Waals surface area (Å²) in [6.45, 7) is 2.64. The van der Waals surface area contributed by atoms with E-state index < -0.39 is 0 Å². The average molecular weight is 464 g/mol. The molecule has 3 aromatic carbocycles. The van der Waals surface area contributed by atoms with E-state index in [-0.39, 0.29) is 18.1 Å². The van der Waals surface area contributed by atoms with Gasteiger partial charge in [0.1, 0.15) is 18.2 Å². The van der Waals surface area contributed by atoms with Gasteiger partial charge in [-0.25, -0.2) is 4.39 Å². The highest BCUT2D eigenvalue weighted by Gasteiger charge is 2.12. The van der Waals surface area contributed by atoms with Gasteiger partial charge in [0, 0.05) is 22.3 Å². The van der Waals surface area contributed by atoms with Gasteiger partial charge >= 0.3 is 0 Å². The molecule has 1 heterocycles. The second-order valence-corrected chi connectivity index (χ2v) is 8.14. The Hall–Kier alpha value is -3.64. The van der Waals surface area contributed by atoms with E-state index in [1.165, 1.54) is 12.1 Å². The van der Waals surface area contributed by atoms with E-state index in [4.69, 9.17) is 16.3 Å². The molecule has 1 aromatic heterocycles. The van der Waals surface area contributed by atoms with Crippen LogP contribution in [-0.4, -0.2) is 15.7 Å². The van der Waals surface area contributed by atoms with Crippen molar-refractivity contribution in [2.45, 2.75) is 26.5 Å². The predicted molar refractivity (Wildman–Crippen MR) is 127 cm³/mol. The molecule has 0 fully saturated rings. The van der Waals surface area contributed by atoms with Crippen LogP contribution in [0, 0.1) is 12.7 Å². The monoisotopic (exact) mass is 463 g/mol. The van der Waals surface area contributed by atoms with Crippen molar-refractivity contribution in [1.82, 2.24) is 9.78 Å². The Balaban J connectivity index is 1.45. The Kier molecular flexibility index (Phi) is 7.05. The number of anilines is 1. The Labute approximate surface area is 196 Å². The summed E-state index contributed by atoms with van der Waals surface area (Å²) in [4.78, 5) is 12.4. The molecule has 168 valence electrons. The van der Waals surface area contributed by atoms with Crippen LogP contribution in [0.3, 0.4) is 0 Å². The molecule has 0 atom stereocenters. The molecule has 0 aliphatic carbocycles. The minimum atomic E-state index is -0.285. The van der Waals surface area contributed by atoms with Crippen LogP contribution in [0.25, 0.3) is 0 Å². The number of hydrogen-bond acceptors (Lipinski definition) is 3. The van der Waals surface area contributed by atoms with E-state index in [0.717, 1.165) is 22.4 Å². The first kappa shape index (κ1) is 22.6. The molecule has 0 spiro atoms. The molecule has 0 bridgehead atoms. The molecule has 0 radical (unpaired) electrons. The van der Waals surface area contributed by atoms with Gasteiger partial charge in [0.25, 0.3) is 0 Å². The van der Waals surface area contributed by atoms with Crippen LogP contribution in [0.5, 0.6) is 5.75 Å². The van der Waals surface area contributed by atoms with Crippen LogP contribution in [0.1, 0.15) is 22.4 Å². The third-order valence-corrected chi connectivity index (χ3v) is 5.34. The summed E-state index contributed by atoms with van der Waals surface area (Å²) >= 11 is 6.22. The normalized spacial score (nSPS) is 10.8. The molecule has 1 amide bonds. The summed E-state index contributed by atoms with van der Waals surface area (Å²) in [6.07, 6.45) is 0.280. The highest BCUT2D eigenvalue weighted by atomic mass is 35.5. The van der Waals surface area contributed by atoms with Gasteiger partial charge in [0.05, 0.1) is 13.0 Å². The molecule has 0 aliphatic heterocycles. The quantitative estimate of drug-likeness (QED) is 0.359.